The number of amides is 1. The summed E-state index contributed by atoms with van der Waals surface area (Å²) < 4.78 is 12.7. The van der Waals surface area contributed by atoms with E-state index in [0.717, 1.165) is 21.2 Å². The van der Waals surface area contributed by atoms with E-state index in [4.69, 9.17) is 9.47 Å². The van der Waals surface area contributed by atoms with Crippen LogP contribution in [-0.2, 0) is 24.4 Å². The zero-order chi connectivity index (χ0) is 24.3. The van der Waals surface area contributed by atoms with Gasteiger partial charge in [-0.15, -0.1) is 6.58 Å². The van der Waals surface area contributed by atoms with Gasteiger partial charge in [-0.3, -0.25) is 4.79 Å². The summed E-state index contributed by atoms with van der Waals surface area (Å²) in [4.78, 5) is 12.6. The first kappa shape index (κ1) is 24.8. The van der Waals surface area contributed by atoms with E-state index in [9.17, 15) is 10.1 Å². The summed E-state index contributed by atoms with van der Waals surface area (Å²) in [5, 5.41) is 12.4. The molecule has 0 bridgehead atoms. The minimum atomic E-state index is -0.439. The van der Waals surface area contributed by atoms with Gasteiger partial charge in [0.2, 0.25) is 0 Å². The molecule has 3 rings (SSSR count). The molecule has 0 saturated carbocycles. The van der Waals surface area contributed by atoms with Crippen LogP contribution >= 0.6 is 15.9 Å². The van der Waals surface area contributed by atoms with Crippen molar-refractivity contribution < 1.29 is 14.3 Å². The first-order valence-corrected chi connectivity index (χ1v) is 11.5. The molecule has 6 heteroatoms. The van der Waals surface area contributed by atoms with E-state index in [1.165, 1.54) is 0 Å². The fourth-order valence-corrected chi connectivity index (χ4v) is 3.58. The van der Waals surface area contributed by atoms with Crippen molar-refractivity contribution >= 4 is 27.9 Å². The van der Waals surface area contributed by atoms with Gasteiger partial charge < -0.3 is 14.8 Å². The molecule has 3 aromatic carbocycles. The second-order valence-corrected chi connectivity index (χ2v) is 8.37. The molecule has 0 saturated heterocycles. The van der Waals surface area contributed by atoms with Crippen LogP contribution in [0.15, 0.2) is 89.4 Å². The molecule has 0 spiro atoms. The molecule has 5 nitrogen and oxygen atoms in total. The lowest BCUT2D eigenvalue weighted by Crippen LogP contribution is -2.23. The van der Waals surface area contributed by atoms with E-state index < -0.39 is 5.91 Å². The van der Waals surface area contributed by atoms with E-state index >= 15 is 0 Å². The highest BCUT2D eigenvalue weighted by Gasteiger charge is 2.15. The quantitative estimate of drug-likeness (QED) is 0.204. The molecular weight excluding hydrogens is 492 g/mol. The summed E-state index contributed by atoms with van der Waals surface area (Å²) in [7, 11) is 1.56. The van der Waals surface area contributed by atoms with Gasteiger partial charge in [-0.1, -0.05) is 64.5 Å². The Balaban J connectivity index is 1.83. The van der Waals surface area contributed by atoms with E-state index in [-0.39, 0.29) is 5.57 Å². The number of methoxy groups -OCH3 is 1. The van der Waals surface area contributed by atoms with Crippen LogP contribution in [0.5, 0.6) is 11.5 Å². The largest absolute Gasteiger partial charge is 0.493 e. The monoisotopic (exact) mass is 516 g/mol. The minimum Gasteiger partial charge on any atom is -0.493 e. The Kier molecular flexibility index (Phi) is 9.07. The predicted molar refractivity (Wildman–Crippen MR) is 137 cm³/mol. The van der Waals surface area contributed by atoms with Crippen LogP contribution in [0.25, 0.3) is 6.08 Å². The van der Waals surface area contributed by atoms with Gasteiger partial charge in [0.15, 0.2) is 11.5 Å². The average Bonchev–Trinajstić information content (AvgIpc) is 2.86. The number of nitrogens with zero attached hydrogens (tertiary/aromatic N) is 1. The van der Waals surface area contributed by atoms with Crippen molar-refractivity contribution in [1.29, 1.82) is 5.26 Å². The Morgan fingerprint density at radius 3 is 2.50 bits per heavy atom. The Labute approximate surface area is 208 Å². The van der Waals surface area contributed by atoms with Crippen molar-refractivity contribution in [3.63, 3.8) is 0 Å². The van der Waals surface area contributed by atoms with Gasteiger partial charge in [0.05, 0.1) is 7.11 Å². The normalized spacial score (nSPS) is 10.8. The molecule has 0 fully saturated rings. The average molecular weight is 517 g/mol. The number of carbonyl (C=O) groups excluding carboxylic acids is 1. The molecular formula is C28H25BrN2O3. The van der Waals surface area contributed by atoms with Crippen molar-refractivity contribution in [2.75, 3.05) is 7.11 Å². The van der Waals surface area contributed by atoms with Gasteiger partial charge in [-0.25, -0.2) is 0 Å². The Morgan fingerprint density at radius 1 is 1.12 bits per heavy atom. The topological polar surface area (TPSA) is 71.4 Å². The van der Waals surface area contributed by atoms with Gasteiger partial charge in [-0.2, -0.15) is 5.26 Å². The molecule has 0 aromatic heterocycles. The summed E-state index contributed by atoms with van der Waals surface area (Å²) in [6.07, 6.45) is 3.86. The minimum absolute atomic E-state index is 0.00562. The highest BCUT2D eigenvalue weighted by atomic mass is 79.9. The third-order valence-corrected chi connectivity index (χ3v) is 5.54. The lowest BCUT2D eigenvalue weighted by molar-refractivity contribution is -0.117. The van der Waals surface area contributed by atoms with E-state index in [1.807, 2.05) is 66.7 Å². The summed E-state index contributed by atoms with van der Waals surface area (Å²) in [5.41, 5.74) is 3.48. The summed E-state index contributed by atoms with van der Waals surface area (Å²) in [6, 6.07) is 23.0. The maximum atomic E-state index is 12.6. The van der Waals surface area contributed by atoms with Gasteiger partial charge >= 0.3 is 0 Å². The zero-order valence-corrected chi connectivity index (χ0v) is 20.5. The van der Waals surface area contributed by atoms with Crippen molar-refractivity contribution in [3.05, 3.63) is 112 Å². The fraction of sp³-hybridized carbons (Fsp3) is 0.143. The lowest BCUT2D eigenvalue weighted by Gasteiger charge is -2.16. The van der Waals surface area contributed by atoms with E-state index in [0.29, 0.717) is 36.6 Å². The number of benzene rings is 3. The number of nitrogens with one attached hydrogen (secondary N) is 1. The van der Waals surface area contributed by atoms with Gasteiger partial charge in [0.25, 0.3) is 5.91 Å². The first-order chi connectivity index (χ1) is 16.5. The molecule has 0 unspecified atom stereocenters. The molecule has 3 aromatic rings. The maximum Gasteiger partial charge on any atom is 0.262 e. The second-order valence-electron chi connectivity index (χ2n) is 7.46. The molecule has 172 valence electrons. The molecule has 0 atom stereocenters. The van der Waals surface area contributed by atoms with Crippen molar-refractivity contribution in [3.8, 4) is 17.6 Å². The molecule has 0 aliphatic heterocycles. The van der Waals surface area contributed by atoms with E-state index in [1.54, 1.807) is 25.3 Å². The van der Waals surface area contributed by atoms with Gasteiger partial charge in [-0.05, 0) is 53.5 Å². The third-order valence-electron chi connectivity index (χ3n) is 5.01. The van der Waals surface area contributed by atoms with E-state index in [2.05, 4.69) is 27.8 Å². The van der Waals surface area contributed by atoms with Crippen LogP contribution in [0.1, 0.15) is 22.3 Å². The molecule has 34 heavy (non-hydrogen) atoms. The summed E-state index contributed by atoms with van der Waals surface area (Å²) in [6.45, 7) is 4.54. The molecule has 1 amide bonds. The van der Waals surface area contributed by atoms with Crippen LogP contribution in [0.2, 0.25) is 0 Å². The van der Waals surface area contributed by atoms with Crippen molar-refractivity contribution in [2.45, 2.75) is 19.6 Å². The fourth-order valence-electron chi connectivity index (χ4n) is 3.31. The molecule has 0 aliphatic rings. The number of rotatable bonds is 10. The summed E-state index contributed by atoms with van der Waals surface area (Å²) in [5.74, 6) is 0.686. The highest BCUT2D eigenvalue weighted by molar-refractivity contribution is 9.10. The Morgan fingerprint density at radius 2 is 1.85 bits per heavy atom. The predicted octanol–water partition coefficient (Wildman–Crippen LogP) is 5.99. The SMILES string of the molecule is C=CCc1cc(/C=C(/C#N)C(=O)NCc2ccccc2)cc(OC)c1OCc1ccc(Br)cc1. The van der Waals surface area contributed by atoms with Crippen LogP contribution < -0.4 is 14.8 Å². The standard InChI is InChI=1S/C28H25BrN2O3/c1-3-7-23-14-22(15-24(17-30)28(32)31-18-20-8-5-4-6-9-20)16-26(33-2)27(23)34-19-21-10-12-25(29)13-11-21/h3-6,8-16H,1,7,18-19H2,2H3,(H,31,32)/b24-15-. The van der Waals surface area contributed by atoms with Crippen molar-refractivity contribution in [2.24, 2.45) is 0 Å². The molecule has 0 aliphatic carbocycles. The van der Waals surface area contributed by atoms with Crippen molar-refractivity contribution in [1.82, 2.24) is 5.32 Å². The number of nitriles is 1. The van der Waals surface area contributed by atoms with Crippen LogP contribution in [0.3, 0.4) is 0 Å². The van der Waals surface area contributed by atoms with Crippen LogP contribution in [-0.4, -0.2) is 13.0 Å². The highest BCUT2D eigenvalue weighted by Crippen LogP contribution is 2.35. The number of carbonyl (C=O) groups is 1. The zero-order valence-electron chi connectivity index (χ0n) is 18.9. The number of halogens is 1. The second kappa shape index (κ2) is 12.4. The Hall–Kier alpha value is -3.82. The number of allylic oxidation sites excluding steroid dienone is 1. The smallest absolute Gasteiger partial charge is 0.262 e. The van der Waals surface area contributed by atoms with Crippen LogP contribution in [0.4, 0.5) is 0 Å². The molecule has 0 heterocycles. The van der Waals surface area contributed by atoms with Crippen LogP contribution in [0, 0.1) is 11.3 Å². The van der Waals surface area contributed by atoms with Gasteiger partial charge in [0.1, 0.15) is 18.2 Å². The van der Waals surface area contributed by atoms with Gasteiger partial charge in [0, 0.05) is 16.6 Å². The lowest BCUT2D eigenvalue weighted by atomic mass is 10.0. The number of ether oxygens (including phenoxy) is 2. The number of hydrogen-bond donors (Lipinski definition) is 1. The maximum absolute atomic E-state index is 12.6. The molecule has 1 N–H and O–H groups in total. The molecule has 0 radical (unpaired) electrons. The third kappa shape index (κ3) is 6.84. The first-order valence-electron chi connectivity index (χ1n) is 10.7. The number of hydrogen-bond acceptors (Lipinski definition) is 4. The Bertz CT molecular complexity index is 1210. The summed E-state index contributed by atoms with van der Waals surface area (Å²) >= 11 is 3.43.